The van der Waals surface area contributed by atoms with Crippen LogP contribution >= 0.6 is 0 Å². The summed E-state index contributed by atoms with van der Waals surface area (Å²) in [7, 11) is 1.61. The second kappa shape index (κ2) is 8.55. The van der Waals surface area contributed by atoms with Crippen molar-refractivity contribution in [3.63, 3.8) is 0 Å². The molecular weight excluding hydrogens is 256 g/mol. The van der Waals surface area contributed by atoms with Gasteiger partial charge in [-0.2, -0.15) is 0 Å². The third kappa shape index (κ3) is 6.54. The van der Waals surface area contributed by atoms with Gasteiger partial charge in [0.1, 0.15) is 5.75 Å². The Kier molecular flexibility index (Phi) is 7.04. The minimum atomic E-state index is -0.317. The molecule has 0 heterocycles. The Labute approximate surface area is 120 Å². The van der Waals surface area contributed by atoms with Gasteiger partial charge in [-0.15, -0.1) is 0 Å². The zero-order valence-corrected chi connectivity index (χ0v) is 12.3. The molecule has 2 unspecified atom stereocenters. The highest BCUT2D eigenvalue weighted by atomic mass is 16.5. The molecule has 5 nitrogen and oxygen atoms in total. The highest BCUT2D eigenvalue weighted by Crippen LogP contribution is 2.15. The van der Waals surface area contributed by atoms with Crippen LogP contribution in [0.2, 0.25) is 0 Å². The first-order valence-electron chi connectivity index (χ1n) is 6.86. The van der Waals surface area contributed by atoms with Crippen LogP contribution in [0.4, 0.5) is 5.69 Å². The van der Waals surface area contributed by atoms with E-state index in [0.717, 1.165) is 11.4 Å². The van der Waals surface area contributed by atoms with E-state index in [1.807, 2.05) is 19.1 Å². The first-order chi connectivity index (χ1) is 9.51. The number of hydrogen-bond acceptors (Lipinski definition) is 4. The number of hydrogen-bond donors (Lipinski definition) is 3. The number of benzene rings is 1. The fourth-order valence-electron chi connectivity index (χ4n) is 1.78. The molecule has 0 aromatic heterocycles. The molecule has 5 heteroatoms. The summed E-state index contributed by atoms with van der Waals surface area (Å²) < 4.78 is 5.06. The molecule has 0 saturated carbocycles. The van der Waals surface area contributed by atoms with Gasteiger partial charge in [-0.05, 0) is 51.1 Å². The van der Waals surface area contributed by atoms with Crippen molar-refractivity contribution in [2.45, 2.75) is 38.8 Å². The topological polar surface area (TPSA) is 70.6 Å². The van der Waals surface area contributed by atoms with Gasteiger partial charge in [0.15, 0.2) is 0 Å². The number of nitrogens with one attached hydrogen (secondary N) is 2. The highest BCUT2D eigenvalue weighted by Gasteiger charge is 2.09. The molecule has 0 saturated heterocycles. The Morgan fingerprint density at radius 3 is 2.50 bits per heavy atom. The molecule has 3 N–H and O–H groups in total. The van der Waals surface area contributed by atoms with Crippen LogP contribution in [-0.2, 0) is 4.79 Å². The Balaban J connectivity index is 2.31. The van der Waals surface area contributed by atoms with Crippen LogP contribution in [-0.4, -0.2) is 36.8 Å². The maximum atomic E-state index is 11.8. The molecule has 1 aromatic rings. The van der Waals surface area contributed by atoms with Crippen molar-refractivity contribution in [3.8, 4) is 5.75 Å². The Hall–Kier alpha value is -1.59. The third-order valence-electron chi connectivity index (χ3n) is 2.92. The standard InChI is InChI=1S/C15H24N2O3/c1-11(16-9-8-12(2)18)10-15(19)17-13-4-6-14(20-3)7-5-13/h4-7,11-12,16,18H,8-10H2,1-3H3,(H,17,19). The molecule has 112 valence electrons. The van der Waals surface area contributed by atoms with E-state index in [4.69, 9.17) is 9.84 Å². The maximum absolute atomic E-state index is 11.8. The molecule has 1 aromatic carbocycles. The van der Waals surface area contributed by atoms with Gasteiger partial charge in [0, 0.05) is 18.2 Å². The van der Waals surface area contributed by atoms with Gasteiger partial charge in [-0.25, -0.2) is 0 Å². The highest BCUT2D eigenvalue weighted by molar-refractivity contribution is 5.91. The van der Waals surface area contributed by atoms with Crippen LogP contribution in [0.1, 0.15) is 26.7 Å². The molecule has 0 aliphatic heterocycles. The molecule has 0 radical (unpaired) electrons. The quantitative estimate of drug-likeness (QED) is 0.679. The number of aliphatic hydroxyl groups is 1. The van der Waals surface area contributed by atoms with Crippen LogP contribution in [0.25, 0.3) is 0 Å². The molecule has 0 bridgehead atoms. The van der Waals surface area contributed by atoms with Crippen molar-refractivity contribution >= 4 is 11.6 Å². The lowest BCUT2D eigenvalue weighted by Crippen LogP contribution is -2.32. The minimum Gasteiger partial charge on any atom is -0.497 e. The van der Waals surface area contributed by atoms with Gasteiger partial charge in [-0.1, -0.05) is 0 Å². The number of methoxy groups -OCH3 is 1. The third-order valence-corrected chi connectivity index (χ3v) is 2.92. The molecule has 0 spiro atoms. The predicted molar refractivity (Wildman–Crippen MR) is 80.0 cm³/mol. The maximum Gasteiger partial charge on any atom is 0.225 e. The van der Waals surface area contributed by atoms with E-state index in [1.165, 1.54) is 0 Å². The number of aliphatic hydroxyl groups excluding tert-OH is 1. The first kappa shape index (κ1) is 16.5. The van der Waals surface area contributed by atoms with E-state index >= 15 is 0 Å². The van der Waals surface area contributed by atoms with E-state index < -0.39 is 0 Å². The summed E-state index contributed by atoms with van der Waals surface area (Å²) in [4.78, 5) is 11.8. The van der Waals surface area contributed by atoms with Gasteiger partial charge in [0.2, 0.25) is 5.91 Å². The van der Waals surface area contributed by atoms with Crippen LogP contribution in [0.15, 0.2) is 24.3 Å². The van der Waals surface area contributed by atoms with Crippen molar-refractivity contribution in [1.29, 1.82) is 0 Å². The Morgan fingerprint density at radius 1 is 1.30 bits per heavy atom. The summed E-state index contributed by atoms with van der Waals surface area (Å²) in [6.45, 7) is 4.41. The van der Waals surface area contributed by atoms with Gasteiger partial charge < -0.3 is 20.5 Å². The molecule has 0 fully saturated rings. The largest absolute Gasteiger partial charge is 0.497 e. The van der Waals surface area contributed by atoms with Gasteiger partial charge in [0.05, 0.1) is 13.2 Å². The Morgan fingerprint density at radius 2 is 1.95 bits per heavy atom. The number of ether oxygens (including phenoxy) is 1. The molecule has 20 heavy (non-hydrogen) atoms. The second-order valence-corrected chi connectivity index (χ2v) is 4.97. The summed E-state index contributed by atoms with van der Waals surface area (Å²) in [5.74, 6) is 0.725. The molecule has 0 aliphatic rings. The molecule has 2 atom stereocenters. The monoisotopic (exact) mass is 280 g/mol. The summed E-state index contributed by atoms with van der Waals surface area (Å²) in [6, 6.07) is 7.30. The van der Waals surface area contributed by atoms with E-state index in [2.05, 4.69) is 10.6 Å². The average Bonchev–Trinajstić information content (AvgIpc) is 2.38. The van der Waals surface area contributed by atoms with Crippen LogP contribution in [0, 0.1) is 0 Å². The number of anilines is 1. The van der Waals surface area contributed by atoms with Gasteiger partial charge in [0.25, 0.3) is 0 Å². The number of rotatable bonds is 8. The summed E-state index contributed by atoms with van der Waals surface area (Å²) in [6.07, 6.45) is 0.763. The molecule has 0 aliphatic carbocycles. The zero-order valence-electron chi connectivity index (χ0n) is 12.3. The Bertz CT molecular complexity index is 404. The second-order valence-electron chi connectivity index (χ2n) is 4.97. The smallest absolute Gasteiger partial charge is 0.225 e. The zero-order chi connectivity index (χ0) is 15.0. The lowest BCUT2D eigenvalue weighted by atomic mass is 10.2. The number of amides is 1. The minimum absolute atomic E-state index is 0.0350. The van der Waals surface area contributed by atoms with Gasteiger partial charge in [-0.3, -0.25) is 4.79 Å². The summed E-state index contributed by atoms with van der Waals surface area (Å²) >= 11 is 0. The van der Waals surface area contributed by atoms with Crippen molar-refractivity contribution in [3.05, 3.63) is 24.3 Å². The lowest BCUT2D eigenvalue weighted by molar-refractivity contribution is -0.116. The summed E-state index contributed by atoms with van der Waals surface area (Å²) in [5, 5.41) is 15.2. The predicted octanol–water partition coefficient (Wildman–Crippen LogP) is 1.77. The van der Waals surface area contributed by atoms with Crippen molar-refractivity contribution in [2.24, 2.45) is 0 Å². The van der Waals surface area contributed by atoms with E-state index in [-0.39, 0.29) is 18.1 Å². The van der Waals surface area contributed by atoms with E-state index in [1.54, 1.807) is 26.2 Å². The average molecular weight is 280 g/mol. The number of carbonyl (C=O) groups excluding carboxylic acids is 1. The van der Waals surface area contributed by atoms with Crippen LogP contribution in [0.5, 0.6) is 5.75 Å². The lowest BCUT2D eigenvalue weighted by Gasteiger charge is -2.14. The SMILES string of the molecule is COc1ccc(NC(=O)CC(C)NCCC(C)O)cc1. The molecule has 1 rings (SSSR count). The van der Waals surface area contributed by atoms with Crippen molar-refractivity contribution < 1.29 is 14.6 Å². The van der Waals surface area contributed by atoms with Crippen molar-refractivity contribution in [1.82, 2.24) is 5.32 Å². The van der Waals surface area contributed by atoms with Gasteiger partial charge >= 0.3 is 0 Å². The van der Waals surface area contributed by atoms with Crippen molar-refractivity contribution in [2.75, 3.05) is 19.0 Å². The van der Waals surface area contributed by atoms with Crippen LogP contribution in [0.3, 0.4) is 0 Å². The number of carbonyl (C=O) groups is 1. The van der Waals surface area contributed by atoms with Crippen LogP contribution < -0.4 is 15.4 Å². The fourth-order valence-corrected chi connectivity index (χ4v) is 1.78. The normalized spacial score (nSPS) is 13.6. The molecule has 1 amide bonds. The molecular formula is C15H24N2O3. The fraction of sp³-hybridized carbons (Fsp3) is 0.533. The van der Waals surface area contributed by atoms with E-state index in [0.29, 0.717) is 19.4 Å². The summed E-state index contributed by atoms with van der Waals surface area (Å²) in [5.41, 5.74) is 0.756. The van der Waals surface area contributed by atoms with E-state index in [9.17, 15) is 4.79 Å². The first-order valence-corrected chi connectivity index (χ1v) is 6.86.